The van der Waals surface area contributed by atoms with E-state index in [0.29, 0.717) is 5.33 Å². The molecule has 0 heterocycles. The highest BCUT2D eigenvalue weighted by molar-refractivity contribution is 9.09. The first kappa shape index (κ1) is 13.6. The van der Waals surface area contributed by atoms with Crippen molar-refractivity contribution < 1.29 is 8.42 Å². The number of benzene rings is 1. The van der Waals surface area contributed by atoms with Crippen LogP contribution in [0, 0.1) is 0 Å². The molecule has 0 fully saturated rings. The largest absolute Gasteiger partial charge is 0.279 e. The lowest BCUT2D eigenvalue weighted by Crippen LogP contribution is -2.38. The van der Waals surface area contributed by atoms with E-state index in [1.807, 2.05) is 30.3 Å². The van der Waals surface area contributed by atoms with Crippen LogP contribution in [0.2, 0.25) is 0 Å². The third-order valence-corrected chi connectivity index (χ3v) is 4.32. The average molecular weight is 307 g/mol. The van der Waals surface area contributed by atoms with Gasteiger partial charge in [0, 0.05) is 19.4 Å². The molecule has 0 aliphatic carbocycles. The number of hydrogen-bond donors (Lipinski definition) is 1. The first-order valence-corrected chi connectivity index (χ1v) is 7.34. The SMILES string of the molecule is CN(C)S(=O)(=O)NC(CBr)c1ccccc1. The molecule has 0 aliphatic heterocycles. The Labute approximate surface area is 105 Å². The highest BCUT2D eigenvalue weighted by Crippen LogP contribution is 2.16. The molecule has 0 radical (unpaired) electrons. The van der Waals surface area contributed by atoms with Crippen molar-refractivity contribution in [2.75, 3.05) is 19.4 Å². The summed E-state index contributed by atoms with van der Waals surface area (Å²) in [4.78, 5) is 0. The lowest BCUT2D eigenvalue weighted by molar-refractivity contribution is 0.496. The van der Waals surface area contributed by atoms with Gasteiger partial charge in [-0.2, -0.15) is 17.4 Å². The summed E-state index contributed by atoms with van der Waals surface area (Å²) in [5.74, 6) is 0. The van der Waals surface area contributed by atoms with Gasteiger partial charge in [0.25, 0.3) is 10.2 Å². The predicted molar refractivity (Wildman–Crippen MR) is 68.7 cm³/mol. The van der Waals surface area contributed by atoms with Crippen LogP contribution in [0.1, 0.15) is 11.6 Å². The van der Waals surface area contributed by atoms with Crippen LogP contribution in [-0.2, 0) is 10.2 Å². The van der Waals surface area contributed by atoms with Crippen LogP contribution in [-0.4, -0.2) is 32.1 Å². The first-order chi connectivity index (χ1) is 7.47. The number of rotatable bonds is 5. The molecule has 0 saturated heterocycles. The van der Waals surface area contributed by atoms with Crippen molar-refractivity contribution in [3.05, 3.63) is 35.9 Å². The Kier molecular flexibility index (Phi) is 4.91. The molecule has 1 aromatic rings. The van der Waals surface area contributed by atoms with Crippen LogP contribution in [0.4, 0.5) is 0 Å². The fourth-order valence-electron chi connectivity index (χ4n) is 1.16. The molecule has 1 unspecified atom stereocenters. The Hall–Kier alpha value is -0.430. The lowest BCUT2D eigenvalue weighted by Gasteiger charge is -2.19. The summed E-state index contributed by atoms with van der Waals surface area (Å²) in [6, 6.07) is 9.20. The molecule has 16 heavy (non-hydrogen) atoms. The summed E-state index contributed by atoms with van der Waals surface area (Å²) >= 11 is 3.31. The molecule has 0 aromatic heterocycles. The van der Waals surface area contributed by atoms with Crippen LogP contribution < -0.4 is 4.72 Å². The van der Waals surface area contributed by atoms with Gasteiger partial charge in [-0.15, -0.1) is 0 Å². The number of nitrogens with one attached hydrogen (secondary N) is 1. The van der Waals surface area contributed by atoms with Gasteiger partial charge in [-0.05, 0) is 5.56 Å². The van der Waals surface area contributed by atoms with Crippen molar-refractivity contribution in [2.45, 2.75) is 6.04 Å². The van der Waals surface area contributed by atoms with Crippen LogP contribution in [0.3, 0.4) is 0 Å². The first-order valence-electron chi connectivity index (χ1n) is 4.78. The third kappa shape index (κ3) is 3.55. The average Bonchev–Trinajstić information content (AvgIpc) is 2.27. The van der Waals surface area contributed by atoms with E-state index < -0.39 is 10.2 Å². The molecule has 0 amide bonds. The maximum Gasteiger partial charge on any atom is 0.279 e. The second-order valence-corrected chi connectivity index (χ2v) is 6.09. The maximum absolute atomic E-state index is 11.7. The lowest BCUT2D eigenvalue weighted by atomic mass is 10.1. The zero-order valence-electron chi connectivity index (χ0n) is 9.22. The highest BCUT2D eigenvalue weighted by Gasteiger charge is 2.19. The topological polar surface area (TPSA) is 49.4 Å². The van der Waals surface area contributed by atoms with E-state index in [9.17, 15) is 8.42 Å². The molecule has 1 rings (SSSR count). The Morgan fingerprint density at radius 2 is 1.88 bits per heavy atom. The van der Waals surface area contributed by atoms with Gasteiger partial charge in [0.05, 0.1) is 6.04 Å². The summed E-state index contributed by atoms with van der Waals surface area (Å²) in [7, 11) is -0.407. The third-order valence-electron chi connectivity index (χ3n) is 2.13. The van der Waals surface area contributed by atoms with E-state index in [0.717, 1.165) is 9.87 Å². The maximum atomic E-state index is 11.7. The Morgan fingerprint density at radius 1 is 1.31 bits per heavy atom. The molecule has 1 N–H and O–H groups in total. The van der Waals surface area contributed by atoms with E-state index in [4.69, 9.17) is 0 Å². The molecule has 1 aromatic carbocycles. The van der Waals surface area contributed by atoms with Crippen molar-refractivity contribution in [1.29, 1.82) is 0 Å². The smallest absolute Gasteiger partial charge is 0.195 e. The predicted octanol–water partition coefficient (Wildman–Crippen LogP) is 1.52. The van der Waals surface area contributed by atoms with Gasteiger partial charge in [0.2, 0.25) is 0 Å². The monoisotopic (exact) mass is 306 g/mol. The van der Waals surface area contributed by atoms with Crippen molar-refractivity contribution >= 4 is 26.1 Å². The normalized spacial score (nSPS) is 14.0. The molecule has 4 nitrogen and oxygen atoms in total. The van der Waals surface area contributed by atoms with Gasteiger partial charge < -0.3 is 0 Å². The molecular formula is C10H15BrN2O2S. The summed E-state index contributed by atoms with van der Waals surface area (Å²) in [6.45, 7) is 0. The standard InChI is InChI=1S/C10H15BrN2O2S/c1-13(2)16(14,15)12-10(8-11)9-6-4-3-5-7-9/h3-7,10,12H,8H2,1-2H3. The summed E-state index contributed by atoms with van der Waals surface area (Å²) in [6.07, 6.45) is 0. The number of alkyl halides is 1. The molecule has 90 valence electrons. The van der Waals surface area contributed by atoms with Gasteiger partial charge in [-0.1, -0.05) is 46.3 Å². The number of nitrogens with zero attached hydrogens (tertiary/aromatic N) is 1. The van der Waals surface area contributed by atoms with Gasteiger partial charge in [-0.25, -0.2) is 0 Å². The van der Waals surface area contributed by atoms with Crippen molar-refractivity contribution in [3.63, 3.8) is 0 Å². The molecule has 0 aliphatic rings. The van der Waals surface area contributed by atoms with Gasteiger partial charge >= 0.3 is 0 Å². The minimum absolute atomic E-state index is 0.256. The molecular weight excluding hydrogens is 292 g/mol. The highest BCUT2D eigenvalue weighted by atomic mass is 79.9. The zero-order chi connectivity index (χ0) is 12.2. The number of hydrogen-bond acceptors (Lipinski definition) is 2. The van der Waals surface area contributed by atoms with Crippen LogP contribution in [0.25, 0.3) is 0 Å². The number of halogens is 1. The Bertz CT molecular complexity index is 420. The minimum Gasteiger partial charge on any atom is -0.195 e. The van der Waals surface area contributed by atoms with Crippen LogP contribution in [0.5, 0.6) is 0 Å². The van der Waals surface area contributed by atoms with Crippen molar-refractivity contribution in [3.8, 4) is 0 Å². The molecule has 1 atom stereocenters. The molecule has 0 saturated carbocycles. The van der Waals surface area contributed by atoms with Gasteiger partial charge in [-0.3, -0.25) is 0 Å². The van der Waals surface area contributed by atoms with E-state index in [1.165, 1.54) is 14.1 Å². The van der Waals surface area contributed by atoms with E-state index in [-0.39, 0.29) is 6.04 Å². The summed E-state index contributed by atoms with van der Waals surface area (Å²) in [5.41, 5.74) is 0.935. The summed E-state index contributed by atoms with van der Waals surface area (Å²) < 4.78 is 27.1. The quantitative estimate of drug-likeness (QED) is 0.839. The zero-order valence-corrected chi connectivity index (χ0v) is 11.6. The fraction of sp³-hybridized carbons (Fsp3) is 0.400. The van der Waals surface area contributed by atoms with Crippen molar-refractivity contribution in [1.82, 2.24) is 9.03 Å². The van der Waals surface area contributed by atoms with Gasteiger partial charge in [0.15, 0.2) is 0 Å². The fourth-order valence-corrected chi connectivity index (χ4v) is 2.70. The Balaban J connectivity index is 2.86. The molecule has 6 heteroatoms. The minimum atomic E-state index is -3.40. The van der Waals surface area contributed by atoms with E-state index >= 15 is 0 Å². The van der Waals surface area contributed by atoms with Crippen LogP contribution >= 0.6 is 15.9 Å². The Morgan fingerprint density at radius 3 is 2.31 bits per heavy atom. The second-order valence-electron chi connectivity index (χ2n) is 3.52. The van der Waals surface area contributed by atoms with Gasteiger partial charge in [0.1, 0.15) is 0 Å². The second kappa shape index (κ2) is 5.77. The van der Waals surface area contributed by atoms with Crippen LogP contribution in [0.15, 0.2) is 30.3 Å². The van der Waals surface area contributed by atoms with Crippen molar-refractivity contribution in [2.24, 2.45) is 0 Å². The molecule has 0 bridgehead atoms. The van der Waals surface area contributed by atoms with E-state index in [2.05, 4.69) is 20.7 Å². The summed E-state index contributed by atoms with van der Waals surface area (Å²) in [5, 5.41) is 0.532. The van der Waals surface area contributed by atoms with E-state index in [1.54, 1.807) is 0 Å². The molecule has 0 spiro atoms.